The third-order valence-corrected chi connectivity index (χ3v) is 3.25. The van der Waals surface area contributed by atoms with Crippen LogP contribution in [0.1, 0.15) is 16.2 Å². The number of amides is 1. The van der Waals surface area contributed by atoms with Crippen LogP contribution in [0.25, 0.3) is 11.0 Å². The Balaban J connectivity index is 0.00000133. The van der Waals surface area contributed by atoms with Crippen molar-refractivity contribution in [3.8, 4) is 0 Å². The van der Waals surface area contributed by atoms with Gasteiger partial charge >= 0.3 is 0 Å². The van der Waals surface area contributed by atoms with Crippen molar-refractivity contribution < 1.29 is 4.79 Å². The zero-order valence-electron chi connectivity index (χ0n) is 10.8. The van der Waals surface area contributed by atoms with E-state index in [1.807, 2.05) is 30.0 Å². The van der Waals surface area contributed by atoms with Crippen LogP contribution in [0.2, 0.25) is 0 Å². The van der Waals surface area contributed by atoms with Gasteiger partial charge in [-0.1, -0.05) is 0 Å². The molecule has 2 aromatic rings. The summed E-state index contributed by atoms with van der Waals surface area (Å²) in [5, 5.41) is 3.24. The first kappa shape index (κ1) is 13.8. The number of rotatable bonds is 1. The second-order valence-corrected chi connectivity index (χ2v) is 4.60. The van der Waals surface area contributed by atoms with E-state index in [1.54, 1.807) is 0 Å². The molecule has 0 saturated carbocycles. The Labute approximate surface area is 117 Å². The number of carbonyl (C=O) groups is 1. The molecule has 2 N–H and O–H groups in total. The van der Waals surface area contributed by atoms with Gasteiger partial charge in [-0.05, 0) is 25.1 Å². The Morgan fingerprint density at radius 2 is 2.05 bits per heavy atom. The fourth-order valence-electron chi connectivity index (χ4n) is 2.32. The third-order valence-electron chi connectivity index (χ3n) is 3.25. The molecular weight excluding hydrogens is 264 g/mol. The highest BCUT2D eigenvalue weighted by Gasteiger charge is 2.18. The highest BCUT2D eigenvalue weighted by molar-refractivity contribution is 5.97. The van der Waals surface area contributed by atoms with E-state index < -0.39 is 0 Å². The van der Waals surface area contributed by atoms with Crippen molar-refractivity contribution >= 4 is 29.3 Å². The minimum absolute atomic E-state index is 0. The number of piperazine rings is 1. The fraction of sp³-hybridized carbons (Fsp3) is 0.385. The molecule has 6 heteroatoms. The highest BCUT2D eigenvalue weighted by atomic mass is 35.5. The molecule has 1 aliphatic rings. The Kier molecular flexibility index (Phi) is 4.07. The normalized spacial score (nSPS) is 15.3. The summed E-state index contributed by atoms with van der Waals surface area (Å²) in [6.07, 6.45) is 0. The number of nitrogens with zero attached hydrogens (tertiary/aromatic N) is 2. The van der Waals surface area contributed by atoms with Crippen molar-refractivity contribution in [2.75, 3.05) is 26.2 Å². The predicted molar refractivity (Wildman–Crippen MR) is 76.9 cm³/mol. The molecule has 1 amide bonds. The summed E-state index contributed by atoms with van der Waals surface area (Å²) in [7, 11) is 0. The molecule has 1 saturated heterocycles. The molecule has 0 atom stereocenters. The number of hydrogen-bond acceptors (Lipinski definition) is 3. The number of nitrogens with one attached hydrogen (secondary N) is 2. The molecular formula is C13H17ClN4O. The number of aromatic nitrogens is 2. The first-order valence-electron chi connectivity index (χ1n) is 6.20. The van der Waals surface area contributed by atoms with E-state index in [9.17, 15) is 4.79 Å². The number of aryl methyl sites for hydroxylation is 1. The Bertz CT molecular complexity index is 589. The van der Waals surface area contributed by atoms with Gasteiger partial charge in [0.1, 0.15) is 5.82 Å². The predicted octanol–water partition coefficient (Wildman–Crippen LogP) is 1.34. The Morgan fingerprint density at radius 1 is 1.32 bits per heavy atom. The summed E-state index contributed by atoms with van der Waals surface area (Å²) in [5.74, 6) is 0.974. The topological polar surface area (TPSA) is 61.0 Å². The Morgan fingerprint density at radius 3 is 2.79 bits per heavy atom. The summed E-state index contributed by atoms with van der Waals surface area (Å²) < 4.78 is 0. The van der Waals surface area contributed by atoms with Crippen LogP contribution in [0.4, 0.5) is 0 Å². The van der Waals surface area contributed by atoms with E-state index >= 15 is 0 Å². The number of carbonyl (C=O) groups excluding carboxylic acids is 1. The number of aromatic amines is 1. The smallest absolute Gasteiger partial charge is 0.254 e. The number of H-pyrrole nitrogens is 1. The minimum Gasteiger partial charge on any atom is -0.342 e. The van der Waals surface area contributed by atoms with Gasteiger partial charge in [0.05, 0.1) is 11.0 Å². The van der Waals surface area contributed by atoms with Crippen molar-refractivity contribution in [3.63, 3.8) is 0 Å². The lowest BCUT2D eigenvalue weighted by Crippen LogP contribution is -2.46. The molecule has 102 valence electrons. The zero-order valence-corrected chi connectivity index (χ0v) is 11.6. The lowest BCUT2D eigenvalue weighted by atomic mass is 10.1. The molecule has 0 bridgehead atoms. The second-order valence-electron chi connectivity index (χ2n) is 4.60. The van der Waals surface area contributed by atoms with Crippen molar-refractivity contribution in [2.45, 2.75) is 6.92 Å². The van der Waals surface area contributed by atoms with Gasteiger partial charge in [-0.15, -0.1) is 12.4 Å². The van der Waals surface area contributed by atoms with Crippen molar-refractivity contribution in [1.82, 2.24) is 20.2 Å². The molecule has 0 aliphatic carbocycles. The number of halogens is 1. The number of fused-ring (bicyclic) bond motifs is 1. The van der Waals surface area contributed by atoms with Gasteiger partial charge in [-0.2, -0.15) is 0 Å². The highest BCUT2D eigenvalue weighted by Crippen LogP contribution is 2.15. The van der Waals surface area contributed by atoms with Gasteiger partial charge in [0.2, 0.25) is 0 Å². The molecule has 1 aromatic heterocycles. The van der Waals surface area contributed by atoms with Crippen LogP contribution in [0.5, 0.6) is 0 Å². The van der Waals surface area contributed by atoms with Crippen LogP contribution in [0, 0.1) is 6.92 Å². The fourth-order valence-corrected chi connectivity index (χ4v) is 2.32. The maximum absolute atomic E-state index is 12.3. The second kappa shape index (κ2) is 5.59. The SMILES string of the molecule is Cc1nc2ccc(C(=O)N3CCNCC3)cc2[nH]1.Cl. The molecule has 5 nitrogen and oxygen atoms in total. The van der Waals surface area contributed by atoms with Crippen LogP contribution in [0.15, 0.2) is 18.2 Å². The number of hydrogen-bond donors (Lipinski definition) is 2. The quantitative estimate of drug-likeness (QED) is 0.829. The van der Waals surface area contributed by atoms with Crippen LogP contribution < -0.4 is 5.32 Å². The molecule has 0 radical (unpaired) electrons. The third kappa shape index (κ3) is 2.72. The summed E-state index contributed by atoms with van der Waals surface area (Å²) in [6, 6.07) is 5.64. The van der Waals surface area contributed by atoms with E-state index in [4.69, 9.17) is 0 Å². The molecule has 1 fully saturated rings. The Hall–Kier alpha value is -1.59. The van der Waals surface area contributed by atoms with Crippen molar-refractivity contribution in [3.05, 3.63) is 29.6 Å². The van der Waals surface area contributed by atoms with Crippen molar-refractivity contribution in [1.29, 1.82) is 0 Å². The van der Waals surface area contributed by atoms with Gasteiger partial charge in [-0.25, -0.2) is 4.98 Å². The van der Waals surface area contributed by atoms with E-state index in [0.717, 1.165) is 48.6 Å². The number of imidazole rings is 1. The average molecular weight is 281 g/mol. The van der Waals surface area contributed by atoms with Crippen molar-refractivity contribution in [2.24, 2.45) is 0 Å². The molecule has 1 aliphatic heterocycles. The van der Waals surface area contributed by atoms with Gasteiger partial charge in [0, 0.05) is 31.7 Å². The van der Waals surface area contributed by atoms with E-state index in [2.05, 4.69) is 15.3 Å². The maximum Gasteiger partial charge on any atom is 0.254 e. The van der Waals surface area contributed by atoms with Gasteiger partial charge in [0.15, 0.2) is 0 Å². The molecule has 3 rings (SSSR count). The van der Waals surface area contributed by atoms with Gasteiger partial charge < -0.3 is 15.2 Å². The van der Waals surface area contributed by atoms with Crippen LogP contribution >= 0.6 is 12.4 Å². The summed E-state index contributed by atoms with van der Waals surface area (Å²) in [4.78, 5) is 21.7. The summed E-state index contributed by atoms with van der Waals surface area (Å²) >= 11 is 0. The first-order valence-corrected chi connectivity index (χ1v) is 6.20. The van der Waals surface area contributed by atoms with E-state index in [-0.39, 0.29) is 18.3 Å². The maximum atomic E-state index is 12.3. The minimum atomic E-state index is 0. The molecule has 2 heterocycles. The van der Waals surface area contributed by atoms with Gasteiger partial charge in [-0.3, -0.25) is 4.79 Å². The monoisotopic (exact) mass is 280 g/mol. The van der Waals surface area contributed by atoms with Crippen LogP contribution in [-0.2, 0) is 0 Å². The zero-order chi connectivity index (χ0) is 12.5. The number of benzene rings is 1. The lowest BCUT2D eigenvalue weighted by Gasteiger charge is -2.27. The largest absolute Gasteiger partial charge is 0.342 e. The summed E-state index contributed by atoms with van der Waals surface area (Å²) in [6.45, 7) is 5.21. The van der Waals surface area contributed by atoms with Crippen LogP contribution in [-0.4, -0.2) is 47.0 Å². The lowest BCUT2D eigenvalue weighted by molar-refractivity contribution is 0.0736. The van der Waals surface area contributed by atoms with E-state index in [0.29, 0.717) is 0 Å². The average Bonchev–Trinajstić information content (AvgIpc) is 2.78. The molecule has 0 unspecified atom stereocenters. The molecule has 1 aromatic carbocycles. The summed E-state index contributed by atoms with van der Waals surface area (Å²) in [5.41, 5.74) is 2.56. The van der Waals surface area contributed by atoms with Gasteiger partial charge in [0.25, 0.3) is 5.91 Å². The van der Waals surface area contributed by atoms with Crippen LogP contribution in [0.3, 0.4) is 0 Å². The standard InChI is InChI=1S/C13H16N4O.ClH/c1-9-15-11-3-2-10(8-12(11)16-9)13(18)17-6-4-14-5-7-17;/h2-3,8,14H,4-7H2,1H3,(H,15,16);1H. The molecule has 19 heavy (non-hydrogen) atoms. The molecule has 0 spiro atoms. The first-order chi connectivity index (χ1) is 8.74. The van der Waals surface area contributed by atoms with E-state index in [1.165, 1.54) is 0 Å².